The van der Waals surface area contributed by atoms with E-state index in [1.165, 1.54) is 5.56 Å². The number of carbonyl (C=O) groups excluding carboxylic acids is 1. The first-order valence-corrected chi connectivity index (χ1v) is 7.31. The Kier molecular flexibility index (Phi) is 5.48. The van der Waals surface area contributed by atoms with Crippen molar-refractivity contribution in [3.63, 3.8) is 0 Å². The number of carbonyl (C=O) groups is 1. The van der Waals surface area contributed by atoms with Gasteiger partial charge in [-0.25, -0.2) is 0 Å². The molecule has 1 amide bonds. The van der Waals surface area contributed by atoms with Gasteiger partial charge in [0.1, 0.15) is 5.75 Å². The molecule has 0 aliphatic rings. The molecule has 21 heavy (non-hydrogen) atoms. The van der Waals surface area contributed by atoms with E-state index in [1.807, 2.05) is 24.3 Å². The number of amides is 1. The van der Waals surface area contributed by atoms with Crippen LogP contribution in [0.1, 0.15) is 12.5 Å². The summed E-state index contributed by atoms with van der Waals surface area (Å²) < 4.78 is 5.42. The van der Waals surface area contributed by atoms with Crippen LogP contribution in [0, 0.1) is 0 Å². The van der Waals surface area contributed by atoms with E-state index in [0.717, 1.165) is 6.42 Å². The summed E-state index contributed by atoms with van der Waals surface area (Å²) in [4.78, 5) is 11.8. The van der Waals surface area contributed by atoms with Gasteiger partial charge in [-0.2, -0.15) is 0 Å². The van der Waals surface area contributed by atoms with Crippen LogP contribution in [0.2, 0.25) is 10.0 Å². The molecule has 0 radical (unpaired) electrons. The van der Waals surface area contributed by atoms with Crippen molar-refractivity contribution in [1.29, 1.82) is 0 Å². The normalized spacial score (nSPS) is 10.2. The smallest absolute Gasteiger partial charge is 0.262 e. The zero-order chi connectivity index (χ0) is 15.2. The molecule has 1 N–H and O–H groups in total. The van der Waals surface area contributed by atoms with Crippen molar-refractivity contribution >= 4 is 34.8 Å². The van der Waals surface area contributed by atoms with Crippen LogP contribution in [0.3, 0.4) is 0 Å². The number of halogens is 2. The summed E-state index contributed by atoms with van der Waals surface area (Å²) in [6, 6.07) is 12.7. The molecule has 0 bridgehead atoms. The molecule has 0 aliphatic heterocycles. The molecular formula is C16H15Cl2NO2. The minimum Gasteiger partial charge on any atom is -0.484 e. The Morgan fingerprint density at radius 3 is 2.52 bits per heavy atom. The predicted molar refractivity (Wildman–Crippen MR) is 86.4 cm³/mol. The van der Waals surface area contributed by atoms with E-state index in [-0.39, 0.29) is 12.5 Å². The van der Waals surface area contributed by atoms with Crippen molar-refractivity contribution < 1.29 is 9.53 Å². The number of aryl methyl sites for hydroxylation is 1. The molecule has 0 spiro atoms. The predicted octanol–water partition coefficient (Wildman–Crippen LogP) is 4.57. The van der Waals surface area contributed by atoms with Crippen LogP contribution >= 0.6 is 23.2 Å². The molecule has 0 atom stereocenters. The highest BCUT2D eigenvalue weighted by Gasteiger charge is 2.08. The molecule has 2 rings (SSSR count). The van der Waals surface area contributed by atoms with Gasteiger partial charge in [0.2, 0.25) is 0 Å². The third-order valence-electron chi connectivity index (χ3n) is 2.93. The largest absolute Gasteiger partial charge is 0.484 e. The zero-order valence-electron chi connectivity index (χ0n) is 11.5. The van der Waals surface area contributed by atoms with Crippen molar-refractivity contribution in [3.8, 4) is 5.75 Å². The Hall–Kier alpha value is -1.71. The lowest BCUT2D eigenvalue weighted by molar-refractivity contribution is -0.118. The fourth-order valence-electron chi connectivity index (χ4n) is 1.76. The van der Waals surface area contributed by atoms with Gasteiger partial charge in [-0.15, -0.1) is 0 Å². The molecular weight excluding hydrogens is 309 g/mol. The molecule has 2 aromatic carbocycles. The maximum Gasteiger partial charge on any atom is 0.262 e. The van der Waals surface area contributed by atoms with Crippen LogP contribution in [0.15, 0.2) is 42.5 Å². The first-order chi connectivity index (χ1) is 10.1. The number of hydrogen-bond donors (Lipinski definition) is 1. The zero-order valence-corrected chi connectivity index (χ0v) is 13.0. The summed E-state index contributed by atoms with van der Waals surface area (Å²) >= 11 is 11.9. The van der Waals surface area contributed by atoms with Crippen LogP contribution in [-0.2, 0) is 11.2 Å². The third kappa shape index (κ3) is 4.38. The van der Waals surface area contributed by atoms with Gasteiger partial charge in [0.05, 0.1) is 15.7 Å². The van der Waals surface area contributed by atoms with Crippen molar-refractivity contribution in [2.45, 2.75) is 13.3 Å². The molecule has 0 fully saturated rings. The second-order valence-corrected chi connectivity index (χ2v) is 5.22. The molecule has 3 nitrogen and oxygen atoms in total. The van der Waals surface area contributed by atoms with Crippen LogP contribution in [0.4, 0.5) is 5.69 Å². The molecule has 0 saturated heterocycles. The maximum atomic E-state index is 11.8. The maximum absolute atomic E-state index is 11.8. The number of nitrogens with one attached hydrogen (secondary N) is 1. The van der Waals surface area contributed by atoms with Crippen LogP contribution in [0.25, 0.3) is 0 Å². The van der Waals surface area contributed by atoms with Gasteiger partial charge in [-0.3, -0.25) is 4.79 Å². The standard InChI is InChI=1S/C16H15Cl2NO2/c1-2-11-6-8-12(9-7-11)21-10-15(20)19-14-5-3-4-13(17)16(14)18/h3-9H,2,10H2,1H3,(H,19,20). The first-order valence-electron chi connectivity index (χ1n) is 6.55. The highest BCUT2D eigenvalue weighted by Crippen LogP contribution is 2.29. The number of benzene rings is 2. The van der Waals surface area contributed by atoms with Crippen molar-refractivity contribution in [3.05, 3.63) is 58.1 Å². The summed E-state index contributed by atoms with van der Waals surface area (Å²) in [5, 5.41) is 3.38. The van der Waals surface area contributed by atoms with Gasteiger partial charge >= 0.3 is 0 Å². The van der Waals surface area contributed by atoms with Gasteiger partial charge in [0, 0.05) is 0 Å². The minimum atomic E-state index is -0.293. The Balaban J connectivity index is 1.91. The lowest BCUT2D eigenvalue weighted by Crippen LogP contribution is -2.20. The summed E-state index contributed by atoms with van der Waals surface area (Å²) in [5.74, 6) is 0.360. The van der Waals surface area contributed by atoms with Crippen LogP contribution in [-0.4, -0.2) is 12.5 Å². The number of anilines is 1. The van der Waals surface area contributed by atoms with Gasteiger partial charge in [0.15, 0.2) is 6.61 Å². The average Bonchev–Trinajstić information content (AvgIpc) is 2.50. The second-order valence-electron chi connectivity index (χ2n) is 4.44. The topological polar surface area (TPSA) is 38.3 Å². The number of rotatable bonds is 5. The quantitative estimate of drug-likeness (QED) is 0.875. The monoisotopic (exact) mass is 323 g/mol. The highest BCUT2D eigenvalue weighted by molar-refractivity contribution is 6.43. The van der Waals surface area contributed by atoms with Gasteiger partial charge in [-0.05, 0) is 36.2 Å². The summed E-state index contributed by atoms with van der Waals surface area (Å²) in [7, 11) is 0. The summed E-state index contributed by atoms with van der Waals surface area (Å²) in [6.45, 7) is 1.99. The summed E-state index contributed by atoms with van der Waals surface area (Å²) in [6.07, 6.45) is 0.966. The van der Waals surface area contributed by atoms with Gasteiger partial charge in [0.25, 0.3) is 5.91 Å². The van der Waals surface area contributed by atoms with E-state index in [1.54, 1.807) is 18.2 Å². The van der Waals surface area contributed by atoms with E-state index in [2.05, 4.69) is 12.2 Å². The number of hydrogen-bond acceptors (Lipinski definition) is 2. The molecule has 110 valence electrons. The van der Waals surface area contributed by atoms with Gasteiger partial charge < -0.3 is 10.1 Å². The highest BCUT2D eigenvalue weighted by atomic mass is 35.5. The Morgan fingerprint density at radius 2 is 1.86 bits per heavy atom. The molecule has 5 heteroatoms. The van der Waals surface area contributed by atoms with E-state index >= 15 is 0 Å². The van der Waals surface area contributed by atoms with E-state index in [0.29, 0.717) is 21.5 Å². The minimum absolute atomic E-state index is 0.0890. The Bertz CT molecular complexity index is 627. The Labute approximate surface area is 133 Å². The molecule has 2 aromatic rings. The van der Waals surface area contributed by atoms with Gasteiger partial charge in [-0.1, -0.05) is 48.3 Å². The van der Waals surface area contributed by atoms with Crippen LogP contribution in [0.5, 0.6) is 5.75 Å². The first kappa shape index (κ1) is 15.7. The summed E-state index contributed by atoms with van der Waals surface area (Å²) in [5.41, 5.74) is 1.69. The lowest BCUT2D eigenvalue weighted by atomic mass is 10.2. The SMILES string of the molecule is CCc1ccc(OCC(=O)Nc2cccc(Cl)c2Cl)cc1. The van der Waals surface area contributed by atoms with Crippen molar-refractivity contribution in [2.75, 3.05) is 11.9 Å². The molecule has 0 unspecified atom stereocenters. The average molecular weight is 324 g/mol. The van der Waals surface area contributed by atoms with Crippen molar-refractivity contribution in [1.82, 2.24) is 0 Å². The number of ether oxygens (including phenoxy) is 1. The lowest BCUT2D eigenvalue weighted by Gasteiger charge is -2.09. The molecule has 0 aromatic heterocycles. The van der Waals surface area contributed by atoms with Crippen molar-refractivity contribution in [2.24, 2.45) is 0 Å². The van der Waals surface area contributed by atoms with E-state index < -0.39 is 0 Å². The van der Waals surface area contributed by atoms with E-state index in [4.69, 9.17) is 27.9 Å². The Morgan fingerprint density at radius 1 is 1.14 bits per heavy atom. The molecule has 0 saturated carbocycles. The molecule has 0 aliphatic carbocycles. The third-order valence-corrected chi connectivity index (χ3v) is 3.75. The molecule has 0 heterocycles. The van der Waals surface area contributed by atoms with E-state index in [9.17, 15) is 4.79 Å². The fraction of sp³-hybridized carbons (Fsp3) is 0.188. The van der Waals surface area contributed by atoms with Crippen LogP contribution < -0.4 is 10.1 Å². The second kappa shape index (κ2) is 7.34. The fourth-order valence-corrected chi connectivity index (χ4v) is 2.10.